The van der Waals surface area contributed by atoms with E-state index in [1.54, 1.807) is 0 Å². The Bertz CT molecular complexity index is 1410. The molecule has 4 rings (SSSR count). The molecule has 2 aromatic carbocycles. The van der Waals surface area contributed by atoms with Crippen molar-refractivity contribution in [1.29, 1.82) is 0 Å². The second kappa shape index (κ2) is 11.8. The van der Waals surface area contributed by atoms with E-state index in [0.717, 1.165) is 42.3 Å². The van der Waals surface area contributed by atoms with Gasteiger partial charge in [-0.15, -0.1) is 0 Å². The molecular weight excluding hydrogens is 590 g/mol. The molecule has 0 aliphatic carbocycles. The first kappa shape index (κ1) is 31.4. The van der Waals surface area contributed by atoms with Gasteiger partial charge in [-0.1, -0.05) is 30.3 Å². The SMILES string of the molecule is C[N+]1(Cc2ccccc2)CC[C@@H]2OP(=O)(Oc3ccc([N+](=O)[O-])cc3[N+](=O)[O-])OC[C@H]2C1.O=S(=O)([O-])C(F)(F)F. The molecule has 2 fully saturated rings. The minimum absolute atomic E-state index is 0.00464. The van der Waals surface area contributed by atoms with Crippen LogP contribution in [0.1, 0.15) is 12.0 Å². The summed E-state index contributed by atoms with van der Waals surface area (Å²) in [4.78, 5) is 20.6. The molecule has 14 nitrogen and oxygen atoms in total. The monoisotopic (exact) mass is 613 g/mol. The van der Waals surface area contributed by atoms with Gasteiger partial charge < -0.3 is 13.6 Å². The fourth-order valence-corrected chi connectivity index (χ4v) is 5.84. The Morgan fingerprint density at radius 2 is 1.75 bits per heavy atom. The summed E-state index contributed by atoms with van der Waals surface area (Å²) < 4.78 is 89.2. The van der Waals surface area contributed by atoms with Crippen molar-refractivity contribution in [2.24, 2.45) is 5.92 Å². The van der Waals surface area contributed by atoms with Crippen molar-refractivity contribution in [3.63, 3.8) is 0 Å². The summed E-state index contributed by atoms with van der Waals surface area (Å²) in [5.41, 5.74) is -5.58. The molecule has 0 aromatic heterocycles. The summed E-state index contributed by atoms with van der Waals surface area (Å²) in [6.07, 6.45) is 0.265. The van der Waals surface area contributed by atoms with Gasteiger partial charge in [-0.3, -0.25) is 29.3 Å². The van der Waals surface area contributed by atoms with Crippen molar-refractivity contribution < 1.29 is 58.6 Å². The molecule has 2 saturated heterocycles. The number of fused-ring (bicyclic) bond motifs is 1. The number of nitro groups is 2. The Balaban J connectivity index is 0.000000482. The van der Waals surface area contributed by atoms with Gasteiger partial charge in [0.25, 0.3) is 5.69 Å². The number of quaternary nitrogens is 1. The fraction of sp³-hybridized carbons (Fsp3) is 0.429. The molecule has 40 heavy (non-hydrogen) atoms. The molecule has 0 N–H and O–H groups in total. The number of nitro benzene ring substituents is 2. The number of nitrogens with zero attached hydrogens (tertiary/aromatic N) is 3. The van der Waals surface area contributed by atoms with Gasteiger partial charge >= 0.3 is 19.0 Å². The van der Waals surface area contributed by atoms with Crippen molar-refractivity contribution in [3.05, 3.63) is 74.3 Å². The Morgan fingerprint density at radius 3 is 2.30 bits per heavy atom. The number of benzene rings is 2. The van der Waals surface area contributed by atoms with Crippen LogP contribution in [-0.4, -0.2) is 65.7 Å². The second-order valence-corrected chi connectivity index (χ2v) is 12.2. The number of hydrogen-bond donors (Lipinski definition) is 0. The third-order valence-electron chi connectivity index (χ3n) is 6.12. The van der Waals surface area contributed by atoms with Gasteiger partial charge in [-0.2, -0.15) is 13.2 Å². The first-order valence-electron chi connectivity index (χ1n) is 11.4. The third kappa shape index (κ3) is 7.96. The molecule has 0 radical (unpaired) electrons. The first-order chi connectivity index (χ1) is 18.4. The van der Waals surface area contributed by atoms with Crippen LogP contribution in [0.5, 0.6) is 5.75 Å². The minimum Gasteiger partial charge on any atom is -0.741 e. The number of phosphoric acid groups is 1. The normalized spacial score (nSPS) is 26.5. The fourth-order valence-electron chi connectivity index (χ4n) is 4.31. The average Bonchev–Trinajstić information content (AvgIpc) is 2.84. The smallest absolute Gasteiger partial charge is 0.530 e. The van der Waals surface area contributed by atoms with Crippen LogP contribution >= 0.6 is 7.82 Å². The van der Waals surface area contributed by atoms with E-state index >= 15 is 0 Å². The lowest BCUT2D eigenvalue weighted by atomic mass is 9.93. The van der Waals surface area contributed by atoms with Crippen molar-refractivity contribution in [2.75, 3.05) is 26.7 Å². The first-order valence-corrected chi connectivity index (χ1v) is 14.2. The summed E-state index contributed by atoms with van der Waals surface area (Å²) in [6, 6.07) is 13.0. The van der Waals surface area contributed by atoms with Gasteiger partial charge in [0.1, 0.15) is 6.54 Å². The van der Waals surface area contributed by atoms with Crippen LogP contribution in [0.25, 0.3) is 0 Å². The summed E-state index contributed by atoms with van der Waals surface area (Å²) in [5, 5.41) is 22.2. The molecule has 0 amide bonds. The third-order valence-corrected chi connectivity index (χ3v) is 8.10. The Morgan fingerprint density at radius 1 is 1.12 bits per heavy atom. The Kier molecular flexibility index (Phi) is 9.22. The molecule has 2 aliphatic rings. The molecule has 19 heteroatoms. The van der Waals surface area contributed by atoms with Crippen LogP contribution in [-0.2, 0) is 30.3 Å². The molecule has 220 valence electrons. The average molecular weight is 613 g/mol. The van der Waals surface area contributed by atoms with Gasteiger partial charge in [0.15, 0.2) is 10.1 Å². The highest BCUT2D eigenvalue weighted by Gasteiger charge is 2.49. The summed E-state index contributed by atoms with van der Waals surface area (Å²) >= 11 is 0. The quantitative estimate of drug-likeness (QED) is 0.114. The zero-order valence-electron chi connectivity index (χ0n) is 20.6. The molecule has 0 saturated carbocycles. The Hall–Kier alpha value is -3.15. The van der Waals surface area contributed by atoms with E-state index in [1.165, 1.54) is 5.56 Å². The highest BCUT2D eigenvalue weighted by atomic mass is 32.2. The topological polar surface area (TPSA) is 188 Å². The highest BCUT2D eigenvalue weighted by Crippen LogP contribution is 2.57. The van der Waals surface area contributed by atoms with E-state index in [1.807, 2.05) is 18.2 Å². The molecule has 2 aliphatic heterocycles. The molecule has 2 aromatic rings. The predicted molar refractivity (Wildman–Crippen MR) is 129 cm³/mol. The number of hydrogen-bond acceptors (Lipinski definition) is 11. The van der Waals surface area contributed by atoms with Crippen LogP contribution in [0.3, 0.4) is 0 Å². The lowest BCUT2D eigenvalue weighted by Gasteiger charge is -2.46. The van der Waals surface area contributed by atoms with E-state index in [-0.39, 0.29) is 18.6 Å². The van der Waals surface area contributed by atoms with E-state index in [9.17, 15) is 38.0 Å². The lowest BCUT2D eigenvalue weighted by Crippen LogP contribution is -2.57. The Labute approximate surface area is 225 Å². The van der Waals surface area contributed by atoms with Gasteiger partial charge in [0.2, 0.25) is 5.75 Å². The number of rotatable bonds is 6. The maximum Gasteiger partial charge on any atom is 0.530 e. The lowest BCUT2D eigenvalue weighted by molar-refractivity contribution is -0.931. The molecule has 4 atom stereocenters. The second-order valence-electron chi connectivity index (χ2n) is 9.26. The maximum absolute atomic E-state index is 13.1. The number of piperidine rings is 1. The molecule has 2 heterocycles. The summed E-state index contributed by atoms with van der Waals surface area (Å²) in [5.74, 6) is -0.405. The standard InChI is InChI=1S/C20H23N3O8P.CHF3O3S/c1-23(12-15-5-3-2-4-6-15)10-9-19-16(13-23)14-29-32(28,30-19)31-20-8-7-17(21(24)25)11-18(20)22(26)27;2-1(3,4)8(5,6)7/h2-8,11,16,19H,9-10,12-14H2,1H3;(H,5,6,7)/q+1;/p-1/t16-,19+,23?,32?;/m1./s1. The largest absolute Gasteiger partial charge is 0.741 e. The number of alkyl halides is 3. The minimum atomic E-state index is -6.09. The van der Waals surface area contributed by atoms with E-state index in [2.05, 4.69) is 19.2 Å². The number of likely N-dealkylation sites (tertiary alicyclic amines) is 1. The zero-order valence-corrected chi connectivity index (χ0v) is 22.3. The summed E-state index contributed by atoms with van der Waals surface area (Å²) in [6.45, 7) is 2.55. The number of phosphoric ester groups is 1. The van der Waals surface area contributed by atoms with Crippen LogP contribution < -0.4 is 4.52 Å². The van der Waals surface area contributed by atoms with Crippen LogP contribution in [0.2, 0.25) is 0 Å². The van der Waals surface area contributed by atoms with Crippen molar-refractivity contribution in [1.82, 2.24) is 0 Å². The van der Waals surface area contributed by atoms with E-state index in [4.69, 9.17) is 26.5 Å². The van der Waals surface area contributed by atoms with Gasteiger partial charge in [0.05, 0.1) is 54.7 Å². The number of halogens is 3. The van der Waals surface area contributed by atoms with Gasteiger partial charge in [0, 0.05) is 18.1 Å². The van der Waals surface area contributed by atoms with Gasteiger partial charge in [-0.25, -0.2) is 13.0 Å². The molecule has 2 unspecified atom stereocenters. The van der Waals surface area contributed by atoms with E-state index < -0.39 is 50.4 Å². The summed E-state index contributed by atoms with van der Waals surface area (Å²) in [7, 11) is -8.05. The van der Waals surface area contributed by atoms with E-state index in [0.29, 0.717) is 6.42 Å². The zero-order chi connectivity index (χ0) is 29.9. The highest BCUT2D eigenvalue weighted by molar-refractivity contribution is 7.86. The number of non-ortho nitro benzene ring substituents is 1. The van der Waals surface area contributed by atoms with Crippen LogP contribution in [0, 0.1) is 26.1 Å². The molecule has 0 spiro atoms. The van der Waals surface area contributed by atoms with Crippen LogP contribution in [0.4, 0.5) is 24.5 Å². The molecule has 0 bridgehead atoms. The van der Waals surface area contributed by atoms with Crippen molar-refractivity contribution >= 4 is 29.3 Å². The van der Waals surface area contributed by atoms with Gasteiger partial charge in [-0.05, 0) is 6.07 Å². The maximum atomic E-state index is 13.1. The molecular formula is C21H23F3N3O11PS. The predicted octanol–water partition coefficient (Wildman–Crippen LogP) is 4.12. The van der Waals surface area contributed by atoms with Crippen molar-refractivity contribution in [2.45, 2.75) is 24.6 Å². The van der Waals surface area contributed by atoms with Crippen LogP contribution in [0.15, 0.2) is 48.5 Å². The van der Waals surface area contributed by atoms with Crippen molar-refractivity contribution in [3.8, 4) is 5.75 Å².